The molecule has 0 bridgehead atoms. The second-order valence-corrected chi connectivity index (χ2v) is 7.05. The first-order chi connectivity index (χ1) is 14.8. The minimum Gasteiger partial charge on any atom is -0.508 e. The van der Waals surface area contributed by atoms with Crippen molar-refractivity contribution in [1.29, 1.82) is 0 Å². The average Bonchev–Trinajstić information content (AvgIpc) is 2.77. The van der Waals surface area contributed by atoms with Crippen LogP contribution in [0.5, 0.6) is 5.75 Å². The van der Waals surface area contributed by atoms with Crippen molar-refractivity contribution in [2.75, 3.05) is 5.32 Å². The van der Waals surface area contributed by atoms with Crippen LogP contribution < -0.4 is 5.32 Å². The highest BCUT2D eigenvalue weighted by atomic mass is 16.5. The molecule has 1 aliphatic carbocycles. The summed E-state index contributed by atoms with van der Waals surface area (Å²) in [6.07, 6.45) is -1.14. The second kappa shape index (κ2) is 7.87. The molecule has 0 fully saturated rings. The number of fused-ring (bicyclic) bond motifs is 2. The maximum Gasteiger partial charge on any atom is 0.339 e. The van der Waals surface area contributed by atoms with Crippen molar-refractivity contribution in [2.24, 2.45) is 0 Å². The third kappa shape index (κ3) is 3.81. The zero-order valence-corrected chi connectivity index (χ0v) is 16.4. The van der Waals surface area contributed by atoms with Crippen LogP contribution in [-0.2, 0) is 9.53 Å². The van der Waals surface area contributed by atoms with E-state index in [0.29, 0.717) is 16.8 Å². The van der Waals surface area contributed by atoms with Gasteiger partial charge in [0.1, 0.15) is 5.75 Å². The molecule has 1 amide bonds. The van der Waals surface area contributed by atoms with Gasteiger partial charge in [0.2, 0.25) is 0 Å². The van der Waals surface area contributed by atoms with Crippen molar-refractivity contribution in [3.8, 4) is 5.75 Å². The Morgan fingerprint density at radius 1 is 0.839 bits per heavy atom. The number of rotatable bonds is 4. The van der Waals surface area contributed by atoms with Gasteiger partial charge in [-0.25, -0.2) is 4.79 Å². The molecule has 3 aromatic carbocycles. The molecule has 1 aliphatic rings. The molecular weight excluding hydrogens is 398 g/mol. The summed E-state index contributed by atoms with van der Waals surface area (Å²) in [5.41, 5.74) is 1.54. The van der Waals surface area contributed by atoms with Crippen molar-refractivity contribution < 1.29 is 29.0 Å². The molecule has 154 valence electrons. The van der Waals surface area contributed by atoms with E-state index in [0.717, 1.165) is 0 Å². The lowest BCUT2D eigenvalue weighted by atomic mass is 9.84. The smallest absolute Gasteiger partial charge is 0.339 e. The number of esters is 1. The Balaban J connectivity index is 1.50. The summed E-state index contributed by atoms with van der Waals surface area (Å²) in [5, 5.41) is 12.1. The molecule has 0 radical (unpaired) electrons. The van der Waals surface area contributed by atoms with Crippen LogP contribution in [0.4, 0.5) is 5.69 Å². The first kappa shape index (κ1) is 20.0. The van der Waals surface area contributed by atoms with Crippen LogP contribution in [-0.4, -0.2) is 34.7 Å². The predicted molar refractivity (Wildman–Crippen MR) is 111 cm³/mol. The van der Waals surface area contributed by atoms with E-state index in [1.165, 1.54) is 49.4 Å². The summed E-state index contributed by atoms with van der Waals surface area (Å²) in [6, 6.07) is 16.6. The van der Waals surface area contributed by atoms with Crippen LogP contribution in [0.2, 0.25) is 0 Å². The van der Waals surface area contributed by atoms with Gasteiger partial charge in [0.05, 0.1) is 5.56 Å². The third-order valence-corrected chi connectivity index (χ3v) is 4.93. The molecule has 0 aromatic heterocycles. The van der Waals surface area contributed by atoms with Gasteiger partial charge in [0, 0.05) is 27.9 Å². The lowest BCUT2D eigenvalue weighted by molar-refractivity contribution is -0.123. The van der Waals surface area contributed by atoms with Crippen LogP contribution in [0.3, 0.4) is 0 Å². The van der Waals surface area contributed by atoms with E-state index in [1.807, 2.05) is 0 Å². The first-order valence-corrected chi connectivity index (χ1v) is 9.48. The van der Waals surface area contributed by atoms with E-state index < -0.39 is 18.0 Å². The van der Waals surface area contributed by atoms with Crippen molar-refractivity contribution in [1.82, 2.24) is 0 Å². The number of aromatic hydroxyl groups is 1. The average molecular weight is 415 g/mol. The van der Waals surface area contributed by atoms with E-state index in [1.54, 1.807) is 24.3 Å². The van der Waals surface area contributed by atoms with E-state index in [2.05, 4.69) is 5.32 Å². The van der Waals surface area contributed by atoms with Crippen molar-refractivity contribution >= 4 is 29.1 Å². The van der Waals surface area contributed by atoms with Gasteiger partial charge < -0.3 is 15.2 Å². The van der Waals surface area contributed by atoms with Crippen LogP contribution in [0.1, 0.15) is 49.1 Å². The van der Waals surface area contributed by atoms with Crippen molar-refractivity contribution in [3.05, 3.63) is 94.5 Å². The molecule has 1 atom stereocenters. The quantitative estimate of drug-likeness (QED) is 0.495. The fourth-order valence-electron chi connectivity index (χ4n) is 3.34. The number of carbonyl (C=O) groups is 4. The Bertz CT molecular complexity index is 1250. The van der Waals surface area contributed by atoms with Crippen molar-refractivity contribution in [2.45, 2.75) is 13.0 Å². The molecule has 0 heterocycles. The molecule has 4 rings (SSSR count). The summed E-state index contributed by atoms with van der Waals surface area (Å²) in [6.45, 7) is 1.40. The highest BCUT2D eigenvalue weighted by molar-refractivity contribution is 6.28. The number of carbonyl (C=O) groups excluding carboxylic acids is 4. The number of anilines is 1. The molecule has 7 heteroatoms. The monoisotopic (exact) mass is 415 g/mol. The van der Waals surface area contributed by atoms with Gasteiger partial charge in [0.25, 0.3) is 5.91 Å². The Kier molecular flexibility index (Phi) is 5.09. The summed E-state index contributed by atoms with van der Waals surface area (Å²) in [7, 11) is 0. The Labute approximate surface area is 177 Å². The van der Waals surface area contributed by atoms with Gasteiger partial charge in [-0.2, -0.15) is 0 Å². The summed E-state index contributed by atoms with van der Waals surface area (Å²) in [4.78, 5) is 50.1. The Morgan fingerprint density at radius 3 is 2.16 bits per heavy atom. The second-order valence-electron chi connectivity index (χ2n) is 7.05. The lowest BCUT2D eigenvalue weighted by Crippen LogP contribution is -2.30. The number of phenols is 1. The Hall–Kier alpha value is -4.26. The summed E-state index contributed by atoms with van der Waals surface area (Å²) >= 11 is 0. The van der Waals surface area contributed by atoms with Gasteiger partial charge in [-0.1, -0.05) is 30.3 Å². The third-order valence-electron chi connectivity index (χ3n) is 4.93. The summed E-state index contributed by atoms with van der Waals surface area (Å²) in [5.74, 6) is -2.02. The molecule has 0 aliphatic heterocycles. The van der Waals surface area contributed by atoms with Crippen LogP contribution in [0.25, 0.3) is 0 Å². The molecule has 1 unspecified atom stereocenters. The molecular formula is C24H17NO6. The van der Waals surface area contributed by atoms with E-state index in [-0.39, 0.29) is 34.0 Å². The minimum atomic E-state index is -1.14. The molecule has 31 heavy (non-hydrogen) atoms. The fourth-order valence-corrected chi connectivity index (χ4v) is 3.34. The van der Waals surface area contributed by atoms with Crippen LogP contribution in [0, 0.1) is 0 Å². The van der Waals surface area contributed by atoms with Crippen molar-refractivity contribution in [3.63, 3.8) is 0 Å². The highest BCUT2D eigenvalue weighted by Crippen LogP contribution is 2.29. The molecule has 2 N–H and O–H groups in total. The minimum absolute atomic E-state index is 0.0959. The Morgan fingerprint density at radius 2 is 1.48 bits per heavy atom. The van der Waals surface area contributed by atoms with Crippen LogP contribution >= 0.6 is 0 Å². The predicted octanol–water partition coefficient (Wildman–Crippen LogP) is 3.35. The topological polar surface area (TPSA) is 110 Å². The lowest BCUT2D eigenvalue weighted by Gasteiger charge is -2.19. The molecule has 3 aromatic rings. The standard InChI is InChI=1S/C24H17NO6/c1-13(31-24(30)14-5-4-6-16(26)11-14)23(29)25-15-9-10-19-20(12-15)22(28)18-8-3-2-7-17(18)21(19)27/h2-13,26H,1H3,(H,25,29). The zero-order chi connectivity index (χ0) is 22.1. The largest absolute Gasteiger partial charge is 0.508 e. The van der Waals surface area contributed by atoms with Gasteiger partial charge in [-0.05, 0) is 43.3 Å². The van der Waals surface area contributed by atoms with Crippen LogP contribution in [0.15, 0.2) is 66.7 Å². The SMILES string of the molecule is CC(OC(=O)c1cccc(O)c1)C(=O)Nc1ccc2c(c1)C(=O)c1ccccc1C2=O. The normalized spacial score (nSPS) is 13.1. The maximum atomic E-state index is 12.8. The van der Waals surface area contributed by atoms with Gasteiger partial charge in [-0.3, -0.25) is 14.4 Å². The molecule has 0 spiro atoms. The molecule has 7 nitrogen and oxygen atoms in total. The molecule has 0 saturated heterocycles. The van der Waals surface area contributed by atoms with Gasteiger partial charge >= 0.3 is 5.97 Å². The number of hydrogen-bond donors (Lipinski definition) is 2. The number of amides is 1. The van der Waals surface area contributed by atoms with Gasteiger partial charge in [0.15, 0.2) is 17.7 Å². The number of ether oxygens (including phenoxy) is 1. The molecule has 0 saturated carbocycles. The van der Waals surface area contributed by atoms with E-state index in [4.69, 9.17) is 4.74 Å². The number of nitrogens with one attached hydrogen (secondary N) is 1. The maximum absolute atomic E-state index is 12.8. The highest BCUT2D eigenvalue weighted by Gasteiger charge is 2.29. The number of benzene rings is 3. The summed E-state index contributed by atoms with van der Waals surface area (Å²) < 4.78 is 5.14. The van der Waals surface area contributed by atoms with E-state index in [9.17, 15) is 24.3 Å². The zero-order valence-electron chi connectivity index (χ0n) is 16.4. The fraction of sp³-hybridized carbons (Fsp3) is 0.0833. The van der Waals surface area contributed by atoms with Gasteiger partial charge in [-0.15, -0.1) is 0 Å². The van der Waals surface area contributed by atoms with E-state index >= 15 is 0 Å². The number of hydrogen-bond acceptors (Lipinski definition) is 6. The number of phenolic OH excluding ortho intramolecular Hbond substituents is 1. The first-order valence-electron chi connectivity index (χ1n) is 9.48. The number of ketones is 2.